The molecule has 1 aromatic carbocycles. The molecule has 0 radical (unpaired) electrons. The molecule has 2 atom stereocenters. The Hall–Kier alpha value is -3.04. The van der Waals surface area contributed by atoms with Gasteiger partial charge in [0, 0.05) is 31.8 Å². The SMILES string of the molecule is Cc1ccccc1-c1cc(NC(=O)N2C[C@@H](C(F)(F)F)[C@H](C(=O)O)C2)n(C)n1. The molecule has 1 aromatic heterocycles. The first-order valence-electron chi connectivity index (χ1n) is 8.53. The summed E-state index contributed by atoms with van der Waals surface area (Å²) < 4.78 is 40.7. The number of alkyl halides is 3. The molecular formula is C18H19F3N4O3. The third-order valence-electron chi connectivity index (χ3n) is 4.88. The van der Waals surface area contributed by atoms with Crippen LogP contribution in [0.2, 0.25) is 0 Å². The number of nitrogens with one attached hydrogen (secondary N) is 1. The normalized spacial score (nSPS) is 19.7. The van der Waals surface area contributed by atoms with E-state index in [1.165, 1.54) is 4.68 Å². The fraction of sp³-hybridized carbons (Fsp3) is 0.389. The largest absolute Gasteiger partial charge is 0.481 e. The molecule has 1 aliphatic heterocycles. The molecule has 2 heterocycles. The third-order valence-corrected chi connectivity index (χ3v) is 4.88. The molecule has 2 aromatic rings. The van der Waals surface area contributed by atoms with Crippen molar-refractivity contribution in [2.75, 3.05) is 18.4 Å². The molecule has 0 aliphatic carbocycles. The standard InChI is InChI=1S/C18H19F3N4O3/c1-10-5-3-4-6-11(10)14-7-15(24(2)23-14)22-17(28)25-8-12(16(26)27)13(9-25)18(19,20)21/h3-7,12-13H,8-9H2,1-2H3,(H,22,28)(H,26,27)/t12-,13-/m1/s1. The number of halogens is 3. The lowest BCUT2D eigenvalue weighted by Crippen LogP contribution is -2.35. The molecule has 0 spiro atoms. The first kappa shape index (κ1) is 19.7. The molecule has 0 unspecified atom stereocenters. The minimum Gasteiger partial charge on any atom is -0.481 e. The second-order valence-corrected chi connectivity index (χ2v) is 6.78. The smallest absolute Gasteiger partial charge is 0.394 e. The molecule has 10 heteroatoms. The summed E-state index contributed by atoms with van der Waals surface area (Å²) in [7, 11) is 1.60. The van der Waals surface area contributed by atoms with E-state index in [0.29, 0.717) is 11.5 Å². The number of likely N-dealkylation sites (tertiary alicyclic amines) is 1. The van der Waals surface area contributed by atoms with Crippen LogP contribution in [0.1, 0.15) is 5.56 Å². The Balaban J connectivity index is 1.77. The molecule has 0 saturated carbocycles. The summed E-state index contributed by atoms with van der Waals surface area (Å²) in [5.41, 5.74) is 2.45. The number of rotatable bonds is 3. The summed E-state index contributed by atoms with van der Waals surface area (Å²) in [6.45, 7) is 0.707. The van der Waals surface area contributed by atoms with E-state index in [0.717, 1.165) is 16.0 Å². The molecule has 2 amide bonds. The number of amides is 2. The Morgan fingerprint density at radius 3 is 2.50 bits per heavy atom. The quantitative estimate of drug-likeness (QED) is 0.835. The fourth-order valence-electron chi connectivity index (χ4n) is 3.32. The van der Waals surface area contributed by atoms with Crippen LogP contribution in [-0.2, 0) is 11.8 Å². The van der Waals surface area contributed by atoms with Crippen molar-refractivity contribution in [3.63, 3.8) is 0 Å². The zero-order valence-electron chi connectivity index (χ0n) is 15.2. The zero-order valence-corrected chi connectivity index (χ0v) is 15.2. The molecule has 28 heavy (non-hydrogen) atoms. The number of aliphatic carboxylic acids is 1. The number of aromatic nitrogens is 2. The number of anilines is 1. The van der Waals surface area contributed by atoms with Crippen molar-refractivity contribution in [2.45, 2.75) is 13.1 Å². The van der Waals surface area contributed by atoms with Crippen LogP contribution < -0.4 is 5.32 Å². The van der Waals surface area contributed by atoms with Crippen molar-refractivity contribution in [3.05, 3.63) is 35.9 Å². The highest BCUT2D eigenvalue weighted by Gasteiger charge is 2.53. The van der Waals surface area contributed by atoms with Crippen molar-refractivity contribution >= 4 is 17.8 Å². The number of hydrogen-bond acceptors (Lipinski definition) is 3. The van der Waals surface area contributed by atoms with E-state index in [1.54, 1.807) is 13.1 Å². The first-order chi connectivity index (χ1) is 13.1. The Morgan fingerprint density at radius 1 is 1.25 bits per heavy atom. The van der Waals surface area contributed by atoms with Gasteiger partial charge in [-0.05, 0) is 12.5 Å². The molecule has 1 fully saturated rings. The van der Waals surface area contributed by atoms with Gasteiger partial charge in [0.1, 0.15) is 5.82 Å². The summed E-state index contributed by atoms with van der Waals surface area (Å²) in [6.07, 6.45) is -4.69. The van der Waals surface area contributed by atoms with Crippen molar-refractivity contribution in [3.8, 4) is 11.3 Å². The van der Waals surface area contributed by atoms with Gasteiger partial charge in [0.2, 0.25) is 0 Å². The number of urea groups is 1. The summed E-state index contributed by atoms with van der Waals surface area (Å²) in [5, 5.41) is 15.9. The highest BCUT2D eigenvalue weighted by atomic mass is 19.4. The molecule has 0 bridgehead atoms. The van der Waals surface area contributed by atoms with Gasteiger partial charge in [-0.25, -0.2) is 4.79 Å². The second kappa shape index (κ2) is 7.17. The van der Waals surface area contributed by atoms with Crippen LogP contribution in [-0.4, -0.2) is 51.1 Å². The number of nitrogens with zero attached hydrogens (tertiary/aromatic N) is 3. The van der Waals surface area contributed by atoms with Gasteiger partial charge in [0.25, 0.3) is 0 Å². The van der Waals surface area contributed by atoms with Crippen LogP contribution in [0.3, 0.4) is 0 Å². The Morgan fingerprint density at radius 2 is 1.93 bits per heavy atom. The first-order valence-corrected chi connectivity index (χ1v) is 8.53. The van der Waals surface area contributed by atoms with E-state index in [-0.39, 0.29) is 0 Å². The number of carbonyl (C=O) groups excluding carboxylic acids is 1. The molecule has 7 nitrogen and oxygen atoms in total. The van der Waals surface area contributed by atoms with Crippen molar-refractivity contribution < 1.29 is 27.9 Å². The van der Waals surface area contributed by atoms with Gasteiger partial charge >= 0.3 is 18.2 Å². The van der Waals surface area contributed by atoms with Gasteiger partial charge in [-0.15, -0.1) is 0 Å². The number of benzene rings is 1. The van der Waals surface area contributed by atoms with Crippen molar-refractivity contribution in [2.24, 2.45) is 18.9 Å². The molecule has 3 rings (SSSR count). The molecule has 1 aliphatic rings. The fourth-order valence-corrected chi connectivity index (χ4v) is 3.32. The second-order valence-electron chi connectivity index (χ2n) is 6.78. The Labute approximate surface area is 158 Å². The summed E-state index contributed by atoms with van der Waals surface area (Å²) in [5.74, 6) is -5.05. The third kappa shape index (κ3) is 3.80. The maximum atomic E-state index is 13.1. The van der Waals surface area contributed by atoms with Gasteiger partial charge in [-0.3, -0.25) is 14.8 Å². The number of carboxylic acid groups (broad SMARTS) is 1. The lowest BCUT2D eigenvalue weighted by molar-refractivity contribution is -0.187. The molecule has 1 saturated heterocycles. The van der Waals surface area contributed by atoms with E-state index < -0.39 is 43.1 Å². The van der Waals surface area contributed by atoms with E-state index in [2.05, 4.69) is 10.4 Å². The lowest BCUT2D eigenvalue weighted by Gasteiger charge is -2.18. The molecule has 150 valence electrons. The number of carbonyl (C=O) groups is 2. The van der Waals surface area contributed by atoms with Gasteiger partial charge in [-0.2, -0.15) is 18.3 Å². The average molecular weight is 396 g/mol. The van der Waals surface area contributed by atoms with Crippen molar-refractivity contribution in [1.82, 2.24) is 14.7 Å². The predicted molar refractivity (Wildman–Crippen MR) is 94.6 cm³/mol. The molecular weight excluding hydrogens is 377 g/mol. The van der Waals surface area contributed by atoms with Crippen LogP contribution in [0, 0.1) is 18.8 Å². The van der Waals surface area contributed by atoms with Crippen LogP contribution in [0.15, 0.2) is 30.3 Å². The van der Waals surface area contributed by atoms with Gasteiger partial charge in [0.15, 0.2) is 0 Å². The Bertz CT molecular complexity index is 910. The summed E-state index contributed by atoms with van der Waals surface area (Å²) >= 11 is 0. The average Bonchev–Trinajstić information content (AvgIpc) is 3.20. The van der Waals surface area contributed by atoms with Crippen molar-refractivity contribution in [1.29, 1.82) is 0 Å². The van der Waals surface area contributed by atoms with E-state index >= 15 is 0 Å². The van der Waals surface area contributed by atoms with E-state index in [9.17, 15) is 22.8 Å². The monoisotopic (exact) mass is 396 g/mol. The number of aryl methyl sites for hydroxylation is 2. The number of hydrogen-bond donors (Lipinski definition) is 2. The van der Waals surface area contributed by atoms with Crippen LogP contribution in [0.25, 0.3) is 11.3 Å². The highest BCUT2D eigenvalue weighted by Crippen LogP contribution is 2.38. The Kier molecular flexibility index (Phi) is 5.05. The van der Waals surface area contributed by atoms with Crippen LogP contribution in [0.4, 0.5) is 23.8 Å². The van der Waals surface area contributed by atoms with Gasteiger partial charge in [-0.1, -0.05) is 24.3 Å². The zero-order chi connectivity index (χ0) is 20.6. The van der Waals surface area contributed by atoms with Gasteiger partial charge < -0.3 is 10.0 Å². The van der Waals surface area contributed by atoms with Crippen LogP contribution in [0.5, 0.6) is 0 Å². The van der Waals surface area contributed by atoms with Crippen LogP contribution >= 0.6 is 0 Å². The highest BCUT2D eigenvalue weighted by molar-refractivity contribution is 5.90. The summed E-state index contributed by atoms with van der Waals surface area (Å²) in [6, 6.07) is 8.34. The van der Waals surface area contributed by atoms with Gasteiger partial charge in [0.05, 0.1) is 17.5 Å². The minimum absolute atomic E-state index is 0.297. The molecule has 2 N–H and O–H groups in total. The van der Waals surface area contributed by atoms with E-state index in [4.69, 9.17) is 5.11 Å². The predicted octanol–water partition coefficient (Wildman–Crippen LogP) is 3.12. The summed E-state index contributed by atoms with van der Waals surface area (Å²) in [4.78, 5) is 24.5. The maximum absolute atomic E-state index is 13.1. The topological polar surface area (TPSA) is 87.5 Å². The maximum Gasteiger partial charge on any atom is 0.394 e. The number of carboxylic acids is 1. The minimum atomic E-state index is -4.69. The lowest BCUT2D eigenvalue weighted by atomic mass is 9.96. The van der Waals surface area contributed by atoms with E-state index in [1.807, 2.05) is 31.2 Å².